The van der Waals surface area contributed by atoms with Crippen molar-refractivity contribution in [3.63, 3.8) is 0 Å². The van der Waals surface area contributed by atoms with Crippen molar-refractivity contribution in [3.05, 3.63) is 28.3 Å². The van der Waals surface area contributed by atoms with Gasteiger partial charge in [0.25, 0.3) is 0 Å². The smallest absolute Gasteiger partial charge is 0.347 e. The second-order valence-corrected chi connectivity index (χ2v) is 3.49. The van der Waals surface area contributed by atoms with Crippen LogP contribution in [0.1, 0.15) is 0 Å². The van der Waals surface area contributed by atoms with E-state index < -0.39 is 17.0 Å². The molecule has 0 aliphatic heterocycles. The lowest BCUT2D eigenvalue weighted by atomic mass is 10.2. The number of hydrogen-bond donors (Lipinski definition) is 1. The topological polar surface area (TPSA) is 108 Å². The maximum atomic E-state index is 10.9. The predicted molar refractivity (Wildman–Crippen MR) is 63.6 cm³/mol. The average molecular weight is 271 g/mol. The summed E-state index contributed by atoms with van der Waals surface area (Å²) in [5.74, 6) is -1.14. The fourth-order valence-electron chi connectivity index (χ4n) is 1.33. The normalized spacial score (nSPS) is 11.7. The van der Waals surface area contributed by atoms with E-state index >= 15 is 0 Å². The van der Waals surface area contributed by atoms with Gasteiger partial charge in [-0.25, -0.2) is 4.79 Å². The molecule has 0 amide bonds. The highest BCUT2D eigenvalue weighted by Gasteiger charge is 2.24. The van der Waals surface area contributed by atoms with Gasteiger partial charge in [0.05, 0.1) is 18.6 Å². The number of methoxy groups -OCH3 is 2. The standard InChI is InChI=1S/C11H13NO7/c1-17-6-10(11(13)14)19-9-5-7(18-2)3-4-8(9)12(15)16/h3-5,10H,6H2,1-2H3,(H,13,14). The summed E-state index contributed by atoms with van der Waals surface area (Å²) in [7, 11) is 2.69. The van der Waals surface area contributed by atoms with Crippen LogP contribution in [0.2, 0.25) is 0 Å². The Bertz CT molecular complexity index is 474. The zero-order valence-corrected chi connectivity index (χ0v) is 10.4. The molecule has 1 aromatic carbocycles. The fraction of sp³-hybridized carbons (Fsp3) is 0.364. The molecular weight excluding hydrogens is 258 g/mol. The molecule has 0 aromatic heterocycles. The van der Waals surface area contributed by atoms with E-state index in [1.807, 2.05) is 0 Å². The van der Waals surface area contributed by atoms with Gasteiger partial charge in [-0.1, -0.05) is 0 Å². The first-order valence-electron chi connectivity index (χ1n) is 5.20. The highest BCUT2D eigenvalue weighted by atomic mass is 16.6. The lowest BCUT2D eigenvalue weighted by Crippen LogP contribution is -2.31. The highest BCUT2D eigenvalue weighted by molar-refractivity contribution is 5.73. The van der Waals surface area contributed by atoms with Crippen molar-refractivity contribution < 1.29 is 29.0 Å². The summed E-state index contributed by atoms with van der Waals surface area (Å²) < 4.78 is 14.7. The van der Waals surface area contributed by atoms with Crippen LogP contribution >= 0.6 is 0 Å². The van der Waals surface area contributed by atoms with Crippen molar-refractivity contribution in [3.8, 4) is 11.5 Å². The van der Waals surface area contributed by atoms with Crippen molar-refractivity contribution in [2.24, 2.45) is 0 Å². The van der Waals surface area contributed by atoms with Crippen LogP contribution in [0.25, 0.3) is 0 Å². The number of ether oxygens (including phenoxy) is 3. The third-order valence-corrected chi connectivity index (χ3v) is 2.23. The Morgan fingerprint density at radius 1 is 1.47 bits per heavy atom. The minimum atomic E-state index is -1.34. The number of carboxylic acid groups (broad SMARTS) is 1. The zero-order chi connectivity index (χ0) is 14.4. The fourth-order valence-corrected chi connectivity index (χ4v) is 1.33. The van der Waals surface area contributed by atoms with Gasteiger partial charge in [-0.15, -0.1) is 0 Å². The first kappa shape index (κ1) is 14.7. The number of aliphatic carboxylic acids is 1. The van der Waals surface area contributed by atoms with Gasteiger partial charge >= 0.3 is 11.7 Å². The molecule has 0 fully saturated rings. The Kier molecular flexibility index (Phi) is 5.07. The molecule has 0 aliphatic rings. The van der Waals surface area contributed by atoms with E-state index in [4.69, 9.17) is 14.6 Å². The molecule has 8 nitrogen and oxygen atoms in total. The van der Waals surface area contributed by atoms with Crippen LogP contribution in [-0.4, -0.2) is 42.9 Å². The summed E-state index contributed by atoms with van der Waals surface area (Å²) in [4.78, 5) is 21.1. The minimum Gasteiger partial charge on any atom is -0.497 e. The van der Waals surface area contributed by atoms with Crippen LogP contribution in [0.4, 0.5) is 5.69 Å². The minimum absolute atomic E-state index is 0.186. The molecule has 1 N–H and O–H groups in total. The molecule has 0 radical (unpaired) electrons. The van der Waals surface area contributed by atoms with Gasteiger partial charge in [0.1, 0.15) is 5.75 Å². The van der Waals surface area contributed by atoms with E-state index in [0.29, 0.717) is 5.75 Å². The second kappa shape index (κ2) is 6.55. The molecule has 1 aromatic rings. The molecule has 0 spiro atoms. The summed E-state index contributed by atoms with van der Waals surface area (Å²) in [6, 6.07) is 3.82. The van der Waals surface area contributed by atoms with Crippen molar-refractivity contribution in [2.45, 2.75) is 6.10 Å². The van der Waals surface area contributed by atoms with Crippen LogP contribution in [0.15, 0.2) is 18.2 Å². The Balaban J connectivity index is 3.08. The second-order valence-electron chi connectivity index (χ2n) is 3.49. The number of carbonyl (C=O) groups is 1. The molecule has 19 heavy (non-hydrogen) atoms. The molecule has 0 aliphatic carbocycles. The molecule has 0 bridgehead atoms. The van der Waals surface area contributed by atoms with E-state index in [9.17, 15) is 14.9 Å². The molecule has 0 heterocycles. The summed E-state index contributed by atoms with van der Waals surface area (Å²) >= 11 is 0. The first-order chi connectivity index (χ1) is 8.99. The number of nitrogens with zero attached hydrogens (tertiary/aromatic N) is 1. The first-order valence-corrected chi connectivity index (χ1v) is 5.20. The van der Waals surface area contributed by atoms with Crippen LogP contribution in [0, 0.1) is 10.1 Å². The third-order valence-electron chi connectivity index (χ3n) is 2.23. The monoisotopic (exact) mass is 271 g/mol. The molecule has 0 saturated heterocycles. The molecular formula is C11H13NO7. The Labute approximate surface area is 108 Å². The molecule has 1 atom stereocenters. The third kappa shape index (κ3) is 3.81. The SMILES string of the molecule is COCC(Oc1cc(OC)ccc1[N+](=O)[O-])C(=O)O. The van der Waals surface area contributed by atoms with E-state index in [-0.39, 0.29) is 18.0 Å². The zero-order valence-electron chi connectivity index (χ0n) is 10.4. The van der Waals surface area contributed by atoms with Crippen molar-refractivity contribution in [1.29, 1.82) is 0 Å². The molecule has 8 heteroatoms. The van der Waals surface area contributed by atoms with Gasteiger partial charge in [-0.05, 0) is 6.07 Å². The molecule has 1 rings (SSSR count). The summed E-state index contributed by atoms with van der Waals surface area (Å²) in [5, 5.41) is 19.8. The summed E-state index contributed by atoms with van der Waals surface area (Å²) in [5.41, 5.74) is -0.344. The quantitative estimate of drug-likeness (QED) is 0.583. The summed E-state index contributed by atoms with van der Waals surface area (Å²) in [6.45, 7) is -0.232. The lowest BCUT2D eigenvalue weighted by molar-refractivity contribution is -0.386. The van der Waals surface area contributed by atoms with Crippen LogP contribution in [-0.2, 0) is 9.53 Å². The number of hydrogen-bond acceptors (Lipinski definition) is 6. The van der Waals surface area contributed by atoms with Crippen LogP contribution in [0.5, 0.6) is 11.5 Å². The van der Waals surface area contributed by atoms with E-state index in [0.717, 1.165) is 0 Å². The van der Waals surface area contributed by atoms with Gasteiger partial charge in [0.2, 0.25) is 11.9 Å². The maximum Gasteiger partial charge on any atom is 0.347 e. The van der Waals surface area contributed by atoms with Crippen molar-refractivity contribution in [1.82, 2.24) is 0 Å². The van der Waals surface area contributed by atoms with E-state index in [1.165, 1.54) is 32.4 Å². The van der Waals surface area contributed by atoms with Gasteiger partial charge in [0, 0.05) is 19.2 Å². The molecule has 104 valence electrons. The number of carboxylic acids is 1. The van der Waals surface area contributed by atoms with Gasteiger partial charge in [0.15, 0.2) is 0 Å². The number of rotatable bonds is 7. The lowest BCUT2D eigenvalue weighted by Gasteiger charge is -2.14. The van der Waals surface area contributed by atoms with Crippen molar-refractivity contribution in [2.75, 3.05) is 20.8 Å². The molecule has 1 unspecified atom stereocenters. The van der Waals surface area contributed by atoms with Crippen LogP contribution in [0.3, 0.4) is 0 Å². The van der Waals surface area contributed by atoms with Gasteiger partial charge in [-0.2, -0.15) is 0 Å². The number of benzene rings is 1. The predicted octanol–water partition coefficient (Wildman–Crippen LogP) is 1.08. The van der Waals surface area contributed by atoms with Gasteiger partial charge < -0.3 is 19.3 Å². The maximum absolute atomic E-state index is 10.9. The largest absolute Gasteiger partial charge is 0.497 e. The average Bonchev–Trinajstić information content (AvgIpc) is 2.37. The number of nitro groups is 1. The van der Waals surface area contributed by atoms with Crippen LogP contribution < -0.4 is 9.47 Å². The Morgan fingerprint density at radius 2 is 2.16 bits per heavy atom. The Morgan fingerprint density at radius 3 is 2.63 bits per heavy atom. The van der Waals surface area contributed by atoms with E-state index in [2.05, 4.69) is 4.74 Å². The molecule has 0 saturated carbocycles. The van der Waals surface area contributed by atoms with E-state index in [1.54, 1.807) is 0 Å². The summed E-state index contributed by atoms with van der Waals surface area (Å²) in [6.07, 6.45) is -1.34. The highest BCUT2D eigenvalue weighted by Crippen LogP contribution is 2.31. The van der Waals surface area contributed by atoms with Crippen molar-refractivity contribution >= 4 is 11.7 Å². The van der Waals surface area contributed by atoms with Gasteiger partial charge in [-0.3, -0.25) is 10.1 Å². The number of nitro benzene ring substituents is 1. The Hall–Kier alpha value is -2.35.